The lowest BCUT2D eigenvalue weighted by atomic mass is 9.85. The van der Waals surface area contributed by atoms with E-state index >= 15 is 0 Å². The monoisotopic (exact) mass is 480 g/mol. The highest BCUT2D eigenvalue weighted by molar-refractivity contribution is 6.14. The summed E-state index contributed by atoms with van der Waals surface area (Å²) in [6.07, 6.45) is -1.96. The van der Waals surface area contributed by atoms with Gasteiger partial charge < -0.3 is 9.26 Å². The van der Waals surface area contributed by atoms with Crippen molar-refractivity contribution < 1.29 is 27.2 Å². The molecule has 4 aromatic rings. The summed E-state index contributed by atoms with van der Waals surface area (Å²) in [6.45, 7) is 2.63. The Labute approximate surface area is 197 Å². The van der Waals surface area contributed by atoms with Gasteiger partial charge in [0.1, 0.15) is 12.3 Å². The Morgan fingerprint density at radius 2 is 1.91 bits per heavy atom. The van der Waals surface area contributed by atoms with Crippen molar-refractivity contribution in [3.05, 3.63) is 83.0 Å². The highest BCUT2D eigenvalue weighted by Gasteiger charge is 2.57. The summed E-state index contributed by atoms with van der Waals surface area (Å²) in [5.41, 5.74) is 3.86. The number of hydrogen-bond acceptors (Lipinski definition) is 5. The minimum atomic E-state index is -4.44. The van der Waals surface area contributed by atoms with Gasteiger partial charge in [-0.15, -0.1) is 0 Å². The number of carbonyl (C=O) groups is 1. The number of hydrogen-bond donors (Lipinski definition) is 0. The van der Waals surface area contributed by atoms with Crippen molar-refractivity contribution in [3.63, 3.8) is 0 Å². The molecular formula is C25H19F3N4O3. The fourth-order valence-electron chi connectivity index (χ4n) is 5.09. The van der Waals surface area contributed by atoms with E-state index in [1.807, 2.05) is 50.2 Å². The van der Waals surface area contributed by atoms with Crippen molar-refractivity contribution in [3.8, 4) is 11.1 Å². The Balaban J connectivity index is 1.55. The molecule has 2 aromatic carbocycles. The van der Waals surface area contributed by atoms with E-state index in [0.717, 1.165) is 21.4 Å². The molecule has 0 N–H and O–H groups in total. The van der Waals surface area contributed by atoms with Crippen molar-refractivity contribution in [1.82, 2.24) is 14.9 Å². The number of ether oxygens (including phenoxy) is 1. The largest absolute Gasteiger partial charge is 0.408 e. The molecule has 0 saturated heterocycles. The van der Waals surface area contributed by atoms with Crippen LogP contribution in [0, 0.1) is 13.8 Å². The second-order valence-electron chi connectivity index (χ2n) is 8.71. The van der Waals surface area contributed by atoms with Gasteiger partial charge in [0, 0.05) is 22.9 Å². The average molecular weight is 480 g/mol. The van der Waals surface area contributed by atoms with E-state index < -0.39 is 24.2 Å². The topological polar surface area (TPSA) is 73.4 Å². The summed E-state index contributed by atoms with van der Waals surface area (Å²) in [7, 11) is 0. The van der Waals surface area contributed by atoms with Gasteiger partial charge in [0.2, 0.25) is 0 Å². The minimum Gasteiger partial charge on any atom is -0.361 e. The van der Waals surface area contributed by atoms with Crippen molar-refractivity contribution in [1.29, 1.82) is 0 Å². The first-order valence-electron chi connectivity index (χ1n) is 10.9. The zero-order chi connectivity index (χ0) is 24.5. The number of amides is 1. The number of aryl methyl sites for hydroxylation is 2. The van der Waals surface area contributed by atoms with Crippen LogP contribution in [0.2, 0.25) is 0 Å². The van der Waals surface area contributed by atoms with Gasteiger partial charge in [-0.3, -0.25) is 14.4 Å². The molecule has 7 nitrogen and oxygen atoms in total. The highest BCUT2D eigenvalue weighted by atomic mass is 19.4. The van der Waals surface area contributed by atoms with Crippen molar-refractivity contribution in [2.45, 2.75) is 38.8 Å². The molecule has 0 aliphatic carbocycles. The molecule has 0 fully saturated rings. The Morgan fingerprint density at radius 3 is 2.66 bits per heavy atom. The predicted octanol–water partition coefficient (Wildman–Crippen LogP) is 5.17. The number of rotatable bonds is 3. The molecule has 2 aromatic heterocycles. The molecule has 10 heteroatoms. The van der Waals surface area contributed by atoms with Crippen molar-refractivity contribution >= 4 is 17.3 Å². The van der Waals surface area contributed by atoms with Gasteiger partial charge in [-0.1, -0.05) is 35.5 Å². The molecule has 6 rings (SSSR count). The van der Waals surface area contributed by atoms with Gasteiger partial charge in [-0.05, 0) is 37.1 Å². The van der Waals surface area contributed by atoms with Gasteiger partial charge in [0.05, 0.1) is 29.9 Å². The van der Waals surface area contributed by atoms with Crippen LogP contribution in [-0.4, -0.2) is 27.0 Å². The number of nitrogens with zero attached hydrogens (tertiary/aromatic N) is 4. The fourth-order valence-corrected chi connectivity index (χ4v) is 5.09. The smallest absolute Gasteiger partial charge is 0.361 e. The first-order chi connectivity index (χ1) is 16.7. The van der Waals surface area contributed by atoms with E-state index in [2.05, 4.69) is 10.3 Å². The lowest BCUT2D eigenvalue weighted by Crippen LogP contribution is -2.39. The van der Waals surface area contributed by atoms with E-state index in [-0.39, 0.29) is 12.3 Å². The Kier molecular flexibility index (Phi) is 4.50. The summed E-state index contributed by atoms with van der Waals surface area (Å²) >= 11 is 0. The van der Waals surface area contributed by atoms with Gasteiger partial charge in [0.15, 0.2) is 5.60 Å². The molecular weight excluding hydrogens is 461 g/mol. The molecule has 0 saturated carbocycles. The second kappa shape index (κ2) is 7.29. The molecule has 4 heterocycles. The van der Waals surface area contributed by atoms with Crippen LogP contribution in [0.1, 0.15) is 28.1 Å². The molecule has 1 amide bonds. The number of anilines is 2. The molecule has 2 aliphatic heterocycles. The third kappa shape index (κ3) is 3.13. The number of alkyl halides is 3. The molecule has 0 bridgehead atoms. The van der Waals surface area contributed by atoms with Gasteiger partial charge in [-0.2, -0.15) is 18.3 Å². The Morgan fingerprint density at radius 1 is 1.11 bits per heavy atom. The van der Waals surface area contributed by atoms with E-state index in [4.69, 9.17) is 9.26 Å². The summed E-state index contributed by atoms with van der Waals surface area (Å²) in [5, 5.41) is 7.87. The zero-order valence-corrected chi connectivity index (χ0v) is 18.8. The van der Waals surface area contributed by atoms with Crippen molar-refractivity contribution in [2.24, 2.45) is 0 Å². The molecule has 0 radical (unpaired) electrons. The standard InChI is InChI=1S/C25H19F3N4O3/c1-14-22(15(2)35-30-14)16-7-8-21-20(9-16)25(19-6-4-3-5-17(19)12-34-25)23(33)32(21)18-10-29-31(11-18)13-24(26,27)28/h3-11H,12-13H2,1-2H3. The van der Waals surface area contributed by atoms with E-state index in [1.54, 1.807) is 6.07 Å². The first kappa shape index (κ1) is 21.6. The fraction of sp³-hybridized carbons (Fsp3) is 0.240. The third-order valence-corrected chi connectivity index (χ3v) is 6.50. The summed E-state index contributed by atoms with van der Waals surface area (Å²) in [4.78, 5) is 15.5. The molecule has 35 heavy (non-hydrogen) atoms. The average Bonchev–Trinajstić information content (AvgIpc) is 3.55. The van der Waals surface area contributed by atoms with Crippen LogP contribution in [0.3, 0.4) is 0 Å². The van der Waals surface area contributed by atoms with E-state index in [0.29, 0.717) is 28.3 Å². The maximum atomic E-state index is 14.1. The lowest BCUT2D eigenvalue weighted by molar-refractivity contribution is -0.142. The SMILES string of the molecule is Cc1noc(C)c1-c1ccc2c(c1)C1(OCc3ccccc31)C(=O)N2c1cnn(CC(F)(F)F)c1. The first-order valence-corrected chi connectivity index (χ1v) is 10.9. The van der Waals surface area contributed by atoms with E-state index in [1.165, 1.54) is 17.3 Å². The summed E-state index contributed by atoms with van der Waals surface area (Å²) in [6, 6.07) is 13.0. The van der Waals surface area contributed by atoms with Crippen LogP contribution < -0.4 is 4.90 Å². The van der Waals surface area contributed by atoms with Crippen LogP contribution in [0.25, 0.3) is 11.1 Å². The number of benzene rings is 2. The number of carbonyl (C=O) groups excluding carboxylic acids is 1. The van der Waals surface area contributed by atoms with E-state index in [9.17, 15) is 18.0 Å². The molecule has 1 spiro atoms. The number of fused-ring (bicyclic) bond motifs is 4. The summed E-state index contributed by atoms with van der Waals surface area (Å²) in [5.74, 6) is 0.235. The van der Waals surface area contributed by atoms with Crippen LogP contribution in [0.5, 0.6) is 0 Å². The maximum absolute atomic E-state index is 14.1. The number of halogens is 3. The summed E-state index contributed by atoms with van der Waals surface area (Å²) < 4.78 is 51.1. The zero-order valence-electron chi connectivity index (χ0n) is 18.8. The van der Waals surface area contributed by atoms with Crippen LogP contribution in [-0.2, 0) is 28.3 Å². The lowest BCUT2D eigenvalue weighted by Gasteiger charge is -2.24. The highest BCUT2D eigenvalue weighted by Crippen LogP contribution is 2.54. The maximum Gasteiger partial charge on any atom is 0.408 e. The van der Waals surface area contributed by atoms with Gasteiger partial charge >= 0.3 is 6.18 Å². The van der Waals surface area contributed by atoms with Gasteiger partial charge in [0.25, 0.3) is 5.91 Å². The van der Waals surface area contributed by atoms with Gasteiger partial charge in [-0.25, -0.2) is 0 Å². The molecule has 178 valence electrons. The Hall–Kier alpha value is -3.92. The van der Waals surface area contributed by atoms with Crippen LogP contribution >= 0.6 is 0 Å². The quantitative estimate of drug-likeness (QED) is 0.405. The van der Waals surface area contributed by atoms with Crippen LogP contribution in [0.15, 0.2) is 59.4 Å². The molecule has 1 atom stereocenters. The third-order valence-electron chi connectivity index (χ3n) is 6.50. The molecule has 2 aliphatic rings. The Bertz CT molecular complexity index is 1470. The predicted molar refractivity (Wildman–Crippen MR) is 119 cm³/mol. The number of aromatic nitrogens is 3. The van der Waals surface area contributed by atoms with Crippen LogP contribution in [0.4, 0.5) is 24.5 Å². The normalized spacial score (nSPS) is 19.0. The molecule has 1 unspecified atom stereocenters. The second-order valence-corrected chi connectivity index (χ2v) is 8.71. The van der Waals surface area contributed by atoms with Crippen molar-refractivity contribution in [2.75, 3.05) is 4.90 Å². The minimum absolute atomic E-state index is 0.232.